The molecule has 1 fully saturated rings. The molecule has 1 aromatic carbocycles. The summed E-state index contributed by atoms with van der Waals surface area (Å²) in [5.41, 5.74) is 0.789. The van der Waals surface area contributed by atoms with E-state index in [9.17, 15) is 23.3 Å². The topological polar surface area (TPSA) is 69.9 Å². The number of anilines is 1. The number of aliphatic hydroxyl groups excluding tert-OH is 1. The van der Waals surface area contributed by atoms with Crippen LogP contribution in [0.25, 0.3) is 0 Å². The van der Waals surface area contributed by atoms with E-state index in [1.165, 1.54) is 12.1 Å². The van der Waals surface area contributed by atoms with Gasteiger partial charge in [0, 0.05) is 50.5 Å². The highest BCUT2D eigenvalue weighted by molar-refractivity contribution is 5.51. The van der Waals surface area contributed by atoms with E-state index in [0.29, 0.717) is 26.2 Å². The summed E-state index contributed by atoms with van der Waals surface area (Å²) in [7, 11) is 0. The Hall–Kier alpha value is -1.87. The Morgan fingerprint density at radius 1 is 1.18 bits per heavy atom. The Labute approximate surface area is 124 Å². The molecular weight excluding hydrogens is 303 g/mol. The summed E-state index contributed by atoms with van der Waals surface area (Å²) < 4.78 is 36.9. The minimum Gasteiger partial charge on any atom is -0.382 e. The van der Waals surface area contributed by atoms with E-state index in [4.69, 9.17) is 5.11 Å². The fraction of sp³-hybridized carbons (Fsp3) is 0.538. The lowest BCUT2D eigenvalue weighted by molar-refractivity contribution is -0.384. The first kappa shape index (κ1) is 16.5. The third-order valence-electron chi connectivity index (χ3n) is 3.61. The van der Waals surface area contributed by atoms with E-state index < -0.39 is 23.7 Å². The quantitative estimate of drug-likeness (QED) is 0.675. The number of nitro benzene ring substituents is 1. The second kappa shape index (κ2) is 6.49. The average Bonchev–Trinajstić information content (AvgIpc) is 2.47. The predicted octanol–water partition coefficient (Wildman–Crippen LogP) is 1.64. The molecule has 0 spiro atoms. The van der Waals surface area contributed by atoms with Gasteiger partial charge in [0.1, 0.15) is 0 Å². The van der Waals surface area contributed by atoms with Crippen LogP contribution in [0.3, 0.4) is 0 Å². The van der Waals surface area contributed by atoms with Gasteiger partial charge in [0.25, 0.3) is 5.69 Å². The maximum Gasteiger partial charge on any atom is 0.415 e. The smallest absolute Gasteiger partial charge is 0.382 e. The number of hydrogen-bond donors (Lipinski definition) is 1. The lowest BCUT2D eigenvalue weighted by atomic mass is 10.2. The summed E-state index contributed by atoms with van der Waals surface area (Å²) in [6.45, 7) is 1.36. The number of rotatable bonds is 4. The van der Waals surface area contributed by atoms with Crippen LogP contribution in [0, 0.1) is 10.1 Å². The summed E-state index contributed by atoms with van der Waals surface area (Å²) in [4.78, 5) is 13.6. The van der Waals surface area contributed by atoms with Gasteiger partial charge in [-0.15, -0.1) is 0 Å². The van der Waals surface area contributed by atoms with Gasteiger partial charge in [-0.1, -0.05) is 0 Å². The Bertz CT molecular complexity index is 514. The summed E-state index contributed by atoms with van der Waals surface area (Å²) in [5.74, 6) is 0. The van der Waals surface area contributed by atoms with Gasteiger partial charge in [-0.05, 0) is 12.1 Å². The van der Waals surface area contributed by atoms with Crippen LogP contribution in [0.5, 0.6) is 0 Å². The minimum absolute atomic E-state index is 0.00399. The van der Waals surface area contributed by atoms with Crippen molar-refractivity contribution in [2.45, 2.75) is 12.3 Å². The maximum atomic E-state index is 12.3. The van der Waals surface area contributed by atoms with Gasteiger partial charge in [0.2, 0.25) is 0 Å². The number of hydrogen-bond acceptors (Lipinski definition) is 5. The second-order valence-electron chi connectivity index (χ2n) is 5.12. The van der Waals surface area contributed by atoms with Gasteiger partial charge in [0.15, 0.2) is 6.10 Å². The predicted molar refractivity (Wildman–Crippen MR) is 73.8 cm³/mol. The molecule has 22 heavy (non-hydrogen) atoms. The molecule has 0 saturated carbocycles. The maximum absolute atomic E-state index is 12.3. The second-order valence-corrected chi connectivity index (χ2v) is 5.12. The molecule has 2 rings (SSSR count). The number of benzene rings is 1. The molecule has 0 aromatic heterocycles. The van der Waals surface area contributed by atoms with E-state index >= 15 is 0 Å². The molecule has 0 aliphatic carbocycles. The molecule has 122 valence electrons. The molecule has 0 unspecified atom stereocenters. The van der Waals surface area contributed by atoms with Crippen LogP contribution in [0.2, 0.25) is 0 Å². The molecule has 9 heteroatoms. The Morgan fingerprint density at radius 3 is 2.18 bits per heavy atom. The van der Waals surface area contributed by atoms with Gasteiger partial charge >= 0.3 is 6.18 Å². The SMILES string of the molecule is O=[N+]([O-])c1ccc(N2CCN(C[C@@H](O)C(F)(F)F)CC2)cc1. The molecule has 0 radical (unpaired) electrons. The molecule has 1 aliphatic rings. The van der Waals surface area contributed by atoms with Crippen LogP contribution >= 0.6 is 0 Å². The zero-order valence-electron chi connectivity index (χ0n) is 11.7. The summed E-state index contributed by atoms with van der Waals surface area (Å²) in [5, 5.41) is 19.6. The third kappa shape index (κ3) is 4.08. The Kier molecular flexibility index (Phi) is 4.87. The number of β-amino-alcohol motifs (C(OH)–C–C–N with tert-alkyl or cyclic N) is 1. The van der Waals surface area contributed by atoms with E-state index in [2.05, 4.69) is 0 Å². The normalized spacial score (nSPS) is 18.3. The first-order chi connectivity index (χ1) is 10.3. The number of nitrogens with zero attached hydrogens (tertiary/aromatic N) is 3. The molecule has 1 N–H and O–H groups in total. The van der Waals surface area contributed by atoms with Crippen LogP contribution in [0.1, 0.15) is 0 Å². The van der Waals surface area contributed by atoms with Crippen molar-refractivity contribution >= 4 is 11.4 Å². The van der Waals surface area contributed by atoms with E-state index in [1.54, 1.807) is 17.0 Å². The number of piperazine rings is 1. The average molecular weight is 319 g/mol. The van der Waals surface area contributed by atoms with Crippen molar-refractivity contribution in [1.29, 1.82) is 0 Å². The Morgan fingerprint density at radius 2 is 1.73 bits per heavy atom. The first-order valence-electron chi connectivity index (χ1n) is 6.74. The van der Waals surface area contributed by atoms with Gasteiger partial charge in [-0.3, -0.25) is 15.0 Å². The van der Waals surface area contributed by atoms with E-state index in [0.717, 1.165) is 5.69 Å². The zero-order valence-corrected chi connectivity index (χ0v) is 11.7. The van der Waals surface area contributed by atoms with Crippen LogP contribution < -0.4 is 4.90 Å². The summed E-state index contributed by atoms with van der Waals surface area (Å²) in [6.07, 6.45) is -6.94. The van der Waals surface area contributed by atoms with Crippen molar-refractivity contribution in [2.75, 3.05) is 37.6 Å². The monoisotopic (exact) mass is 319 g/mol. The van der Waals surface area contributed by atoms with Gasteiger partial charge in [-0.2, -0.15) is 13.2 Å². The first-order valence-corrected chi connectivity index (χ1v) is 6.74. The zero-order chi connectivity index (χ0) is 16.3. The lowest BCUT2D eigenvalue weighted by Crippen LogP contribution is -2.50. The molecule has 1 aromatic rings. The molecule has 0 bridgehead atoms. The van der Waals surface area contributed by atoms with Crippen molar-refractivity contribution in [3.8, 4) is 0 Å². The van der Waals surface area contributed by atoms with Gasteiger partial charge in [-0.25, -0.2) is 0 Å². The van der Waals surface area contributed by atoms with Crippen molar-refractivity contribution in [1.82, 2.24) is 4.90 Å². The molecule has 1 heterocycles. The number of alkyl halides is 3. The Balaban J connectivity index is 1.88. The largest absolute Gasteiger partial charge is 0.415 e. The van der Waals surface area contributed by atoms with E-state index in [1.807, 2.05) is 4.90 Å². The van der Waals surface area contributed by atoms with Crippen LogP contribution in [0.4, 0.5) is 24.5 Å². The fourth-order valence-corrected chi connectivity index (χ4v) is 2.32. The molecule has 0 amide bonds. The van der Waals surface area contributed by atoms with Crippen LogP contribution in [-0.2, 0) is 0 Å². The van der Waals surface area contributed by atoms with Crippen LogP contribution in [0.15, 0.2) is 24.3 Å². The molecule has 6 nitrogen and oxygen atoms in total. The van der Waals surface area contributed by atoms with Crippen molar-refractivity contribution in [3.05, 3.63) is 34.4 Å². The standard InChI is InChI=1S/C13H16F3N3O3/c14-13(15,16)12(20)9-17-5-7-18(8-6-17)10-1-3-11(4-2-10)19(21)22/h1-4,12,20H,5-9H2/t12-/m1/s1. The highest BCUT2D eigenvalue weighted by Crippen LogP contribution is 2.23. The third-order valence-corrected chi connectivity index (χ3v) is 3.61. The highest BCUT2D eigenvalue weighted by Gasteiger charge is 2.39. The molecule has 1 atom stereocenters. The highest BCUT2D eigenvalue weighted by atomic mass is 19.4. The van der Waals surface area contributed by atoms with Crippen molar-refractivity contribution in [2.24, 2.45) is 0 Å². The fourth-order valence-electron chi connectivity index (χ4n) is 2.32. The summed E-state index contributed by atoms with van der Waals surface area (Å²) in [6, 6.07) is 6.04. The number of halogens is 3. The van der Waals surface area contributed by atoms with Crippen molar-refractivity contribution < 1.29 is 23.2 Å². The molecule has 1 saturated heterocycles. The van der Waals surface area contributed by atoms with Gasteiger partial charge < -0.3 is 10.0 Å². The lowest BCUT2D eigenvalue weighted by Gasteiger charge is -2.37. The molecular formula is C13H16F3N3O3. The van der Waals surface area contributed by atoms with Gasteiger partial charge in [0.05, 0.1) is 4.92 Å². The minimum atomic E-state index is -4.60. The van der Waals surface area contributed by atoms with E-state index in [-0.39, 0.29) is 5.69 Å². The number of aliphatic hydroxyl groups is 1. The van der Waals surface area contributed by atoms with Crippen LogP contribution in [-0.4, -0.2) is 59.9 Å². The number of nitro groups is 1. The van der Waals surface area contributed by atoms with Crippen molar-refractivity contribution in [3.63, 3.8) is 0 Å². The number of non-ortho nitro benzene ring substituents is 1. The molecule has 1 aliphatic heterocycles. The summed E-state index contributed by atoms with van der Waals surface area (Å²) >= 11 is 0.